The standard InChI is InChI=1S/C24H52N8O2/c25-21-30-16-6-2-3-7-18-31-22(34)11-14-24(28,13-10-20-33)12-9-17-29-15-5-1-4-8-19-32-23(26)27/h20,29-30H,1-19,21,25,28H2,(H,31,34)(H4,26,27,32). The van der Waals surface area contributed by atoms with Crippen molar-refractivity contribution in [2.75, 3.05) is 39.4 Å². The van der Waals surface area contributed by atoms with Gasteiger partial charge in [-0.05, 0) is 71.0 Å². The van der Waals surface area contributed by atoms with Gasteiger partial charge in [-0.3, -0.25) is 10.2 Å². The molecule has 10 nitrogen and oxygen atoms in total. The Morgan fingerprint density at radius 3 is 1.91 bits per heavy atom. The van der Waals surface area contributed by atoms with Crippen molar-refractivity contribution in [2.24, 2.45) is 17.2 Å². The summed E-state index contributed by atoms with van der Waals surface area (Å²) in [5.41, 5.74) is 16.8. The van der Waals surface area contributed by atoms with E-state index in [0.29, 0.717) is 38.9 Å². The van der Waals surface area contributed by atoms with Gasteiger partial charge >= 0.3 is 0 Å². The molecule has 1 atom stereocenters. The molecule has 0 aliphatic heterocycles. The van der Waals surface area contributed by atoms with Gasteiger partial charge in [0.15, 0.2) is 5.96 Å². The molecule has 0 saturated carbocycles. The molecule has 0 bridgehead atoms. The molecule has 0 aromatic carbocycles. The van der Waals surface area contributed by atoms with Gasteiger partial charge in [-0.2, -0.15) is 0 Å². The van der Waals surface area contributed by atoms with Gasteiger partial charge in [0.2, 0.25) is 5.91 Å². The summed E-state index contributed by atoms with van der Waals surface area (Å²) in [7, 11) is 0. The summed E-state index contributed by atoms with van der Waals surface area (Å²) in [6.07, 6.45) is 13.4. The van der Waals surface area contributed by atoms with Gasteiger partial charge in [0.05, 0.1) is 0 Å². The average molecular weight is 485 g/mol. The molecule has 0 aromatic rings. The fraction of sp³-hybridized carbons (Fsp3) is 0.875. The predicted molar refractivity (Wildman–Crippen MR) is 140 cm³/mol. The quantitative estimate of drug-likeness (QED) is 0.0310. The lowest BCUT2D eigenvalue weighted by Crippen LogP contribution is -2.42. The first-order chi connectivity index (χ1) is 16.4. The molecule has 0 radical (unpaired) electrons. The predicted octanol–water partition coefficient (Wildman–Crippen LogP) is 1.04. The third-order valence-electron chi connectivity index (χ3n) is 5.98. The number of hydrogen-bond acceptors (Lipinski definition) is 7. The zero-order chi connectivity index (χ0) is 25.3. The second kappa shape index (κ2) is 23.0. The molecule has 0 aromatic heterocycles. The Bertz CT molecular complexity index is 521. The minimum Gasteiger partial charge on any atom is -0.370 e. The summed E-state index contributed by atoms with van der Waals surface area (Å²) in [6.45, 7) is 4.78. The van der Waals surface area contributed by atoms with Crippen LogP contribution in [-0.4, -0.2) is 63.1 Å². The van der Waals surface area contributed by atoms with Crippen LogP contribution in [0.5, 0.6) is 0 Å². The van der Waals surface area contributed by atoms with E-state index in [0.717, 1.165) is 96.7 Å². The Kier molecular flexibility index (Phi) is 21.8. The van der Waals surface area contributed by atoms with Crippen LogP contribution in [0.4, 0.5) is 0 Å². The normalized spacial score (nSPS) is 12.8. The summed E-state index contributed by atoms with van der Waals surface area (Å²) in [4.78, 5) is 23.1. The Balaban J connectivity index is 3.88. The van der Waals surface area contributed by atoms with Gasteiger partial charge in [-0.25, -0.2) is 0 Å². The fourth-order valence-electron chi connectivity index (χ4n) is 3.87. The SMILES string of the molecule is N=C(N)NCCCCCCNCCCC(N)(CCC=O)CCC(=O)NCCCCCCNCN. The molecule has 1 unspecified atom stereocenters. The van der Waals surface area contributed by atoms with Crippen molar-refractivity contribution < 1.29 is 9.59 Å². The van der Waals surface area contributed by atoms with E-state index in [9.17, 15) is 9.59 Å². The van der Waals surface area contributed by atoms with Gasteiger partial charge in [0.25, 0.3) is 0 Å². The summed E-state index contributed by atoms with van der Waals surface area (Å²) < 4.78 is 0. The maximum absolute atomic E-state index is 12.2. The lowest BCUT2D eigenvalue weighted by atomic mass is 9.85. The molecule has 0 heterocycles. The molecule has 0 aliphatic carbocycles. The molecule has 1 amide bonds. The van der Waals surface area contributed by atoms with Crippen molar-refractivity contribution in [3.63, 3.8) is 0 Å². The Labute approximate surface area is 206 Å². The lowest BCUT2D eigenvalue weighted by Gasteiger charge is -2.29. The lowest BCUT2D eigenvalue weighted by molar-refractivity contribution is -0.121. The minimum absolute atomic E-state index is 0.0323. The topological polar surface area (TPSA) is 184 Å². The summed E-state index contributed by atoms with van der Waals surface area (Å²) >= 11 is 0. The zero-order valence-electron chi connectivity index (χ0n) is 21.3. The molecule has 34 heavy (non-hydrogen) atoms. The third kappa shape index (κ3) is 22.1. The van der Waals surface area contributed by atoms with Gasteiger partial charge in [-0.15, -0.1) is 0 Å². The van der Waals surface area contributed by atoms with E-state index in [4.69, 9.17) is 22.6 Å². The van der Waals surface area contributed by atoms with Gasteiger partial charge < -0.3 is 43.3 Å². The Hall–Kier alpha value is -1.75. The highest BCUT2D eigenvalue weighted by Gasteiger charge is 2.24. The molecule has 0 aliphatic rings. The van der Waals surface area contributed by atoms with Crippen molar-refractivity contribution in [3.8, 4) is 0 Å². The Morgan fingerprint density at radius 1 is 0.765 bits per heavy atom. The highest BCUT2D eigenvalue weighted by Crippen LogP contribution is 2.22. The largest absolute Gasteiger partial charge is 0.370 e. The highest BCUT2D eigenvalue weighted by molar-refractivity contribution is 5.76. The number of carbonyl (C=O) groups excluding carboxylic acids is 2. The first-order valence-electron chi connectivity index (χ1n) is 13.1. The van der Waals surface area contributed by atoms with E-state index in [-0.39, 0.29) is 11.9 Å². The number of unbranched alkanes of at least 4 members (excludes halogenated alkanes) is 6. The second-order valence-electron chi connectivity index (χ2n) is 9.14. The van der Waals surface area contributed by atoms with Crippen LogP contribution in [-0.2, 0) is 9.59 Å². The molecule has 11 N–H and O–H groups in total. The zero-order valence-corrected chi connectivity index (χ0v) is 21.3. The molecule has 0 saturated heterocycles. The molecular formula is C24H52N8O2. The van der Waals surface area contributed by atoms with E-state index < -0.39 is 5.54 Å². The first-order valence-corrected chi connectivity index (χ1v) is 13.1. The van der Waals surface area contributed by atoms with Gasteiger partial charge in [-0.1, -0.05) is 25.7 Å². The monoisotopic (exact) mass is 484 g/mol. The van der Waals surface area contributed by atoms with E-state index >= 15 is 0 Å². The van der Waals surface area contributed by atoms with Crippen LogP contribution >= 0.6 is 0 Å². The summed E-state index contributed by atoms with van der Waals surface area (Å²) in [6, 6.07) is 0. The molecular weight excluding hydrogens is 432 g/mol. The number of nitrogens with two attached hydrogens (primary N) is 3. The van der Waals surface area contributed by atoms with Crippen LogP contribution in [0.3, 0.4) is 0 Å². The first kappa shape index (κ1) is 32.2. The van der Waals surface area contributed by atoms with Crippen LogP contribution in [0, 0.1) is 5.41 Å². The second-order valence-corrected chi connectivity index (χ2v) is 9.14. The maximum atomic E-state index is 12.2. The van der Waals surface area contributed by atoms with Crippen molar-refractivity contribution >= 4 is 18.2 Å². The van der Waals surface area contributed by atoms with E-state index in [1.807, 2.05) is 0 Å². The number of nitrogens with one attached hydrogen (secondary N) is 5. The van der Waals surface area contributed by atoms with Crippen molar-refractivity contribution in [1.29, 1.82) is 5.41 Å². The number of rotatable bonds is 25. The molecule has 0 fully saturated rings. The highest BCUT2D eigenvalue weighted by atomic mass is 16.1. The number of amides is 1. The summed E-state index contributed by atoms with van der Waals surface area (Å²) in [5, 5.41) is 19.5. The average Bonchev–Trinajstić information content (AvgIpc) is 2.81. The molecule has 0 rings (SSSR count). The number of guanidine groups is 1. The number of hydrogen-bond donors (Lipinski definition) is 8. The van der Waals surface area contributed by atoms with Crippen molar-refractivity contribution in [3.05, 3.63) is 0 Å². The minimum atomic E-state index is -0.473. The van der Waals surface area contributed by atoms with Crippen molar-refractivity contribution in [2.45, 2.75) is 95.4 Å². The van der Waals surface area contributed by atoms with E-state index in [1.165, 1.54) is 0 Å². The van der Waals surface area contributed by atoms with Crippen LogP contribution in [0.2, 0.25) is 0 Å². The number of carbonyl (C=O) groups is 2. The van der Waals surface area contributed by atoms with Gasteiger partial charge in [0, 0.05) is 38.1 Å². The van der Waals surface area contributed by atoms with E-state index in [1.54, 1.807) is 0 Å². The molecule has 0 spiro atoms. The van der Waals surface area contributed by atoms with Crippen LogP contribution in [0.1, 0.15) is 89.9 Å². The van der Waals surface area contributed by atoms with E-state index in [2.05, 4.69) is 21.3 Å². The van der Waals surface area contributed by atoms with Gasteiger partial charge in [0.1, 0.15) is 6.29 Å². The molecule has 200 valence electrons. The Morgan fingerprint density at radius 2 is 1.32 bits per heavy atom. The third-order valence-corrected chi connectivity index (χ3v) is 5.98. The van der Waals surface area contributed by atoms with Crippen LogP contribution in [0.25, 0.3) is 0 Å². The fourth-order valence-corrected chi connectivity index (χ4v) is 3.87. The van der Waals surface area contributed by atoms with Crippen molar-refractivity contribution in [1.82, 2.24) is 21.3 Å². The number of aldehydes is 1. The molecule has 10 heteroatoms. The van der Waals surface area contributed by atoms with Crippen LogP contribution in [0.15, 0.2) is 0 Å². The maximum Gasteiger partial charge on any atom is 0.220 e. The smallest absolute Gasteiger partial charge is 0.220 e. The van der Waals surface area contributed by atoms with Crippen LogP contribution < -0.4 is 38.5 Å². The summed E-state index contributed by atoms with van der Waals surface area (Å²) in [5.74, 6) is 0.0761.